The van der Waals surface area contributed by atoms with E-state index in [-0.39, 0.29) is 28.4 Å². The fourth-order valence-electron chi connectivity index (χ4n) is 4.14. The first kappa shape index (κ1) is 21.9. The van der Waals surface area contributed by atoms with Crippen molar-refractivity contribution in [2.24, 2.45) is 0 Å². The van der Waals surface area contributed by atoms with Crippen molar-refractivity contribution in [2.45, 2.75) is 30.8 Å². The molecule has 0 amide bonds. The molecule has 0 N–H and O–H groups in total. The van der Waals surface area contributed by atoms with Gasteiger partial charge in [-0.05, 0) is 61.6 Å². The van der Waals surface area contributed by atoms with E-state index >= 15 is 0 Å². The number of hydrogen-bond acceptors (Lipinski definition) is 6. The highest BCUT2D eigenvalue weighted by molar-refractivity contribution is 7.99. The van der Waals surface area contributed by atoms with Crippen molar-refractivity contribution in [1.82, 2.24) is 9.55 Å². The monoisotopic (exact) mass is 480 g/mol. The molecule has 5 rings (SSSR count). The van der Waals surface area contributed by atoms with Crippen LogP contribution in [0.3, 0.4) is 0 Å². The van der Waals surface area contributed by atoms with Crippen LogP contribution in [0.1, 0.15) is 33.6 Å². The Labute approximate surface area is 198 Å². The maximum absolute atomic E-state index is 14.1. The van der Waals surface area contributed by atoms with E-state index < -0.39 is 5.82 Å². The van der Waals surface area contributed by atoms with Crippen molar-refractivity contribution in [3.8, 4) is 11.4 Å². The van der Waals surface area contributed by atoms with Gasteiger partial charge in [-0.3, -0.25) is 14.2 Å². The SMILES string of the molecule is COc1ccc(C(=O)CSc2nc3sc4c(c3c(=O)n2-c2ccccc2)CCCC4)cc1F. The number of thiophene rings is 1. The number of rotatable bonds is 6. The van der Waals surface area contributed by atoms with Crippen LogP contribution in [-0.2, 0) is 12.8 Å². The summed E-state index contributed by atoms with van der Waals surface area (Å²) in [6, 6.07) is 13.5. The minimum atomic E-state index is -0.585. The van der Waals surface area contributed by atoms with Crippen LogP contribution in [0, 0.1) is 5.82 Å². The van der Waals surface area contributed by atoms with Crippen molar-refractivity contribution in [3.05, 3.63) is 80.7 Å². The van der Waals surface area contributed by atoms with Gasteiger partial charge in [0.2, 0.25) is 0 Å². The normalized spacial score (nSPS) is 13.2. The fraction of sp³-hybridized carbons (Fsp3) is 0.240. The molecule has 2 aromatic carbocycles. The van der Waals surface area contributed by atoms with Crippen LogP contribution in [0.2, 0.25) is 0 Å². The average molecular weight is 481 g/mol. The molecule has 168 valence electrons. The number of Topliss-reactive ketones (excluding diaryl/α,β-unsaturated/α-hetero) is 1. The summed E-state index contributed by atoms with van der Waals surface area (Å²) in [5.74, 6) is -0.716. The molecule has 2 heterocycles. The molecule has 8 heteroatoms. The number of aromatic nitrogens is 2. The number of ether oxygens (including phenoxy) is 1. The molecule has 0 spiro atoms. The van der Waals surface area contributed by atoms with Gasteiger partial charge in [-0.15, -0.1) is 11.3 Å². The molecule has 1 aliphatic carbocycles. The predicted molar refractivity (Wildman–Crippen MR) is 130 cm³/mol. The van der Waals surface area contributed by atoms with Gasteiger partial charge in [-0.25, -0.2) is 9.37 Å². The number of hydrogen-bond donors (Lipinski definition) is 0. The van der Waals surface area contributed by atoms with Gasteiger partial charge < -0.3 is 4.74 Å². The zero-order valence-electron chi connectivity index (χ0n) is 18.0. The number of ketones is 1. The van der Waals surface area contributed by atoms with Crippen LogP contribution >= 0.6 is 23.1 Å². The number of nitrogens with zero attached hydrogens (tertiary/aromatic N) is 2. The van der Waals surface area contributed by atoms with Gasteiger partial charge >= 0.3 is 0 Å². The Kier molecular flexibility index (Phi) is 6.03. The Bertz CT molecular complexity index is 1410. The van der Waals surface area contributed by atoms with E-state index in [2.05, 4.69) is 0 Å². The summed E-state index contributed by atoms with van der Waals surface area (Å²) in [6.45, 7) is 0. The predicted octanol–water partition coefficient (Wildman–Crippen LogP) is 5.45. The summed E-state index contributed by atoms with van der Waals surface area (Å²) >= 11 is 2.77. The number of aryl methyl sites for hydroxylation is 2. The summed E-state index contributed by atoms with van der Waals surface area (Å²) in [7, 11) is 1.38. The topological polar surface area (TPSA) is 61.2 Å². The molecule has 0 saturated heterocycles. The van der Waals surface area contributed by atoms with E-state index in [1.165, 1.54) is 35.9 Å². The molecule has 33 heavy (non-hydrogen) atoms. The van der Waals surface area contributed by atoms with Crippen molar-refractivity contribution < 1.29 is 13.9 Å². The molecule has 0 radical (unpaired) electrons. The van der Waals surface area contributed by atoms with E-state index in [1.807, 2.05) is 30.3 Å². The van der Waals surface area contributed by atoms with E-state index in [0.29, 0.717) is 16.2 Å². The summed E-state index contributed by atoms with van der Waals surface area (Å²) in [5.41, 5.74) is 1.99. The number of halogens is 1. The maximum atomic E-state index is 14.1. The molecule has 0 atom stereocenters. The van der Waals surface area contributed by atoms with Crippen LogP contribution in [0.4, 0.5) is 4.39 Å². The van der Waals surface area contributed by atoms with E-state index in [9.17, 15) is 14.0 Å². The summed E-state index contributed by atoms with van der Waals surface area (Å²) in [6.07, 6.45) is 4.08. The zero-order valence-corrected chi connectivity index (χ0v) is 19.6. The maximum Gasteiger partial charge on any atom is 0.267 e. The van der Waals surface area contributed by atoms with Crippen molar-refractivity contribution in [2.75, 3.05) is 12.9 Å². The largest absolute Gasteiger partial charge is 0.494 e. The van der Waals surface area contributed by atoms with Gasteiger partial charge in [-0.2, -0.15) is 0 Å². The number of methoxy groups -OCH3 is 1. The third kappa shape index (κ3) is 4.09. The fourth-order valence-corrected chi connectivity index (χ4v) is 6.35. The molecule has 0 saturated carbocycles. The third-order valence-electron chi connectivity index (χ3n) is 5.78. The lowest BCUT2D eigenvalue weighted by Crippen LogP contribution is -2.22. The Balaban J connectivity index is 1.55. The third-order valence-corrected chi connectivity index (χ3v) is 7.90. The molecular weight excluding hydrogens is 459 g/mol. The molecular formula is C25H21FN2O3S2. The Morgan fingerprint density at radius 1 is 1.18 bits per heavy atom. The van der Waals surface area contributed by atoms with E-state index in [4.69, 9.17) is 9.72 Å². The molecule has 5 nitrogen and oxygen atoms in total. The smallest absolute Gasteiger partial charge is 0.267 e. The molecule has 0 fully saturated rings. The van der Waals surface area contributed by atoms with Gasteiger partial charge in [0.1, 0.15) is 4.83 Å². The van der Waals surface area contributed by atoms with Crippen molar-refractivity contribution in [3.63, 3.8) is 0 Å². The van der Waals surface area contributed by atoms with Crippen molar-refractivity contribution in [1.29, 1.82) is 0 Å². The first-order chi connectivity index (χ1) is 16.1. The second kappa shape index (κ2) is 9.11. The number of para-hydroxylation sites is 1. The zero-order chi connectivity index (χ0) is 22.9. The lowest BCUT2D eigenvalue weighted by molar-refractivity contribution is 0.102. The Morgan fingerprint density at radius 3 is 2.73 bits per heavy atom. The highest BCUT2D eigenvalue weighted by atomic mass is 32.2. The molecule has 0 unspecified atom stereocenters. The Hall–Kier alpha value is -2.97. The Morgan fingerprint density at radius 2 is 1.97 bits per heavy atom. The molecule has 1 aliphatic rings. The summed E-state index contributed by atoms with van der Waals surface area (Å²) < 4.78 is 20.6. The second-order valence-electron chi connectivity index (χ2n) is 7.82. The van der Waals surface area contributed by atoms with Gasteiger partial charge in [0.25, 0.3) is 5.56 Å². The molecule has 0 aliphatic heterocycles. The van der Waals surface area contributed by atoms with Gasteiger partial charge in [0, 0.05) is 10.4 Å². The first-order valence-corrected chi connectivity index (χ1v) is 12.5. The number of benzene rings is 2. The lowest BCUT2D eigenvalue weighted by atomic mass is 9.97. The van der Waals surface area contributed by atoms with Crippen LogP contribution in [0.25, 0.3) is 15.9 Å². The molecule has 0 bridgehead atoms. The van der Waals surface area contributed by atoms with Gasteiger partial charge in [0.05, 0.1) is 23.9 Å². The highest BCUT2D eigenvalue weighted by Gasteiger charge is 2.23. The second-order valence-corrected chi connectivity index (χ2v) is 9.85. The minimum absolute atomic E-state index is 0.0294. The standard InChI is InChI=1S/C25H21FN2O3S2/c1-31-20-12-11-15(13-18(20)26)19(29)14-32-25-27-23-22(17-9-5-6-10-21(17)33-23)24(30)28(25)16-7-3-2-4-8-16/h2-4,7-8,11-13H,5-6,9-10,14H2,1H3. The van der Waals surface area contributed by atoms with Crippen LogP contribution in [0.5, 0.6) is 5.75 Å². The number of thioether (sulfide) groups is 1. The highest BCUT2D eigenvalue weighted by Crippen LogP contribution is 2.35. The van der Waals surface area contributed by atoms with Crippen LogP contribution < -0.4 is 10.3 Å². The average Bonchev–Trinajstić information content (AvgIpc) is 3.21. The van der Waals surface area contributed by atoms with Crippen LogP contribution in [-0.4, -0.2) is 28.2 Å². The van der Waals surface area contributed by atoms with Gasteiger partial charge in [0.15, 0.2) is 22.5 Å². The lowest BCUT2D eigenvalue weighted by Gasteiger charge is -2.13. The van der Waals surface area contributed by atoms with E-state index in [0.717, 1.165) is 36.1 Å². The minimum Gasteiger partial charge on any atom is -0.494 e. The van der Waals surface area contributed by atoms with Crippen LogP contribution in [0.15, 0.2) is 58.5 Å². The number of carbonyl (C=O) groups excluding carboxylic acids is 1. The summed E-state index contributed by atoms with van der Waals surface area (Å²) in [5, 5.41) is 1.16. The number of carbonyl (C=O) groups is 1. The first-order valence-electron chi connectivity index (χ1n) is 10.7. The quantitative estimate of drug-likeness (QED) is 0.209. The summed E-state index contributed by atoms with van der Waals surface area (Å²) in [4.78, 5) is 33.3. The van der Waals surface area contributed by atoms with Crippen molar-refractivity contribution >= 4 is 39.1 Å². The molecule has 2 aromatic heterocycles. The van der Waals surface area contributed by atoms with E-state index in [1.54, 1.807) is 22.0 Å². The molecule has 4 aromatic rings. The van der Waals surface area contributed by atoms with Gasteiger partial charge in [-0.1, -0.05) is 30.0 Å². The number of fused-ring (bicyclic) bond motifs is 3.